The molecule has 3 rings (SSSR count). The minimum absolute atomic E-state index is 0.225. The second-order valence-electron chi connectivity index (χ2n) is 6.89. The number of ether oxygens (including phenoxy) is 1. The van der Waals surface area contributed by atoms with E-state index in [1.54, 1.807) is 17.6 Å². The molecule has 1 N–H and O–H groups in total. The lowest BCUT2D eigenvalue weighted by Gasteiger charge is -2.22. The fraction of sp³-hybridized carbons (Fsp3) is 0.429. The van der Waals surface area contributed by atoms with Gasteiger partial charge in [-0.05, 0) is 49.4 Å². The van der Waals surface area contributed by atoms with E-state index in [1.165, 1.54) is 44.6 Å². The van der Waals surface area contributed by atoms with Gasteiger partial charge in [-0.25, -0.2) is 4.79 Å². The summed E-state index contributed by atoms with van der Waals surface area (Å²) in [6.45, 7) is 3.37. The summed E-state index contributed by atoms with van der Waals surface area (Å²) in [4.78, 5) is 24.0. The largest absolute Gasteiger partial charge is 0.461 e. The SMILES string of the molecule is CCOC(=O)c1c(NC(C)=O)cc(Cl)n1-c1ccc(C2CCCCC2)cc1. The first-order valence-electron chi connectivity index (χ1n) is 9.47. The Morgan fingerprint density at radius 1 is 1.19 bits per heavy atom. The highest BCUT2D eigenvalue weighted by molar-refractivity contribution is 6.31. The molecule has 1 fully saturated rings. The highest BCUT2D eigenvalue weighted by atomic mass is 35.5. The summed E-state index contributed by atoms with van der Waals surface area (Å²) in [7, 11) is 0. The third-order valence-corrected chi connectivity index (χ3v) is 5.24. The van der Waals surface area contributed by atoms with E-state index in [2.05, 4.69) is 17.4 Å². The molecule has 0 aliphatic heterocycles. The number of rotatable bonds is 5. The van der Waals surface area contributed by atoms with Gasteiger partial charge in [0.2, 0.25) is 5.91 Å². The van der Waals surface area contributed by atoms with Gasteiger partial charge in [-0.2, -0.15) is 0 Å². The molecule has 0 bridgehead atoms. The number of halogens is 1. The third kappa shape index (κ3) is 4.35. The average Bonchev–Trinajstić information content (AvgIpc) is 2.98. The van der Waals surface area contributed by atoms with Crippen LogP contribution in [0.25, 0.3) is 5.69 Å². The van der Waals surface area contributed by atoms with Crippen molar-refractivity contribution in [1.82, 2.24) is 4.57 Å². The minimum atomic E-state index is -0.524. The van der Waals surface area contributed by atoms with Gasteiger partial charge >= 0.3 is 5.97 Å². The van der Waals surface area contributed by atoms with E-state index in [4.69, 9.17) is 16.3 Å². The number of nitrogens with zero attached hydrogens (tertiary/aromatic N) is 1. The molecule has 0 unspecified atom stereocenters. The zero-order valence-electron chi connectivity index (χ0n) is 15.8. The summed E-state index contributed by atoms with van der Waals surface area (Å²) < 4.78 is 6.80. The Hall–Kier alpha value is -2.27. The van der Waals surface area contributed by atoms with Crippen LogP contribution >= 0.6 is 11.6 Å². The number of carbonyl (C=O) groups excluding carboxylic acids is 2. The molecule has 1 aromatic carbocycles. The normalized spacial score (nSPS) is 14.8. The fourth-order valence-electron chi connectivity index (χ4n) is 3.75. The Morgan fingerprint density at radius 2 is 1.85 bits per heavy atom. The van der Waals surface area contributed by atoms with Gasteiger partial charge in [-0.1, -0.05) is 43.0 Å². The summed E-state index contributed by atoms with van der Waals surface area (Å²) in [5.74, 6) is -0.195. The van der Waals surface area contributed by atoms with Crippen molar-refractivity contribution in [3.63, 3.8) is 0 Å². The van der Waals surface area contributed by atoms with Crippen LogP contribution in [-0.4, -0.2) is 23.1 Å². The Balaban J connectivity index is 1.98. The van der Waals surface area contributed by atoms with Crippen molar-refractivity contribution in [3.8, 4) is 5.69 Å². The van der Waals surface area contributed by atoms with Gasteiger partial charge in [0.25, 0.3) is 0 Å². The maximum Gasteiger partial charge on any atom is 0.357 e. The van der Waals surface area contributed by atoms with Crippen LogP contribution in [0.5, 0.6) is 0 Å². The Bertz CT molecular complexity index is 821. The number of benzene rings is 1. The number of hydrogen-bond donors (Lipinski definition) is 1. The molecule has 1 aliphatic rings. The summed E-state index contributed by atoms with van der Waals surface area (Å²) in [5.41, 5.74) is 2.66. The van der Waals surface area contributed by atoms with Crippen molar-refractivity contribution in [2.75, 3.05) is 11.9 Å². The first-order chi connectivity index (χ1) is 13.0. The number of amides is 1. The van der Waals surface area contributed by atoms with Crippen LogP contribution < -0.4 is 5.32 Å². The van der Waals surface area contributed by atoms with Gasteiger partial charge in [0.1, 0.15) is 5.15 Å². The van der Waals surface area contributed by atoms with Gasteiger partial charge < -0.3 is 10.1 Å². The number of carbonyl (C=O) groups is 2. The van der Waals surface area contributed by atoms with Crippen LogP contribution in [0.15, 0.2) is 30.3 Å². The average molecular weight is 389 g/mol. The molecule has 6 heteroatoms. The van der Waals surface area contributed by atoms with Crippen molar-refractivity contribution in [2.45, 2.75) is 51.9 Å². The number of aromatic nitrogens is 1. The smallest absolute Gasteiger partial charge is 0.357 e. The van der Waals surface area contributed by atoms with Crippen molar-refractivity contribution in [3.05, 3.63) is 46.7 Å². The summed E-state index contributed by atoms with van der Waals surface area (Å²) in [6, 6.07) is 9.72. The van der Waals surface area contributed by atoms with Gasteiger partial charge in [-0.3, -0.25) is 9.36 Å². The zero-order valence-corrected chi connectivity index (χ0v) is 16.5. The summed E-state index contributed by atoms with van der Waals surface area (Å²) in [5, 5.41) is 3.00. The van der Waals surface area contributed by atoms with Crippen LogP contribution in [0.4, 0.5) is 5.69 Å². The molecule has 144 valence electrons. The molecule has 1 aliphatic carbocycles. The molecular formula is C21H25ClN2O3. The summed E-state index contributed by atoms with van der Waals surface area (Å²) >= 11 is 6.40. The first-order valence-corrected chi connectivity index (χ1v) is 9.85. The lowest BCUT2D eigenvalue weighted by molar-refractivity contribution is -0.114. The van der Waals surface area contributed by atoms with Crippen molar-refractivity contribution < 1.29 is 14.3 Å². The van der Waals surface area contributed by atoms with E-state index in [-0.39, 0.29) is 18.2 Å². The molecule has 1 heterocycles. The maximum absolute atomic E-state index is 12.5. The van der Waals surface area contributed by atoms with Gasteiger partial charge in [0, 0.05) is 12.6 Å². The maximum atomic E-state index is 12.5. The zero-order chi connectivity index (χ0) is 19.4. The molecule has 0 atom stereocenters. The predicted octanol–water partition coefficient (Wildman–Crippen LogP) is 5.31. The molecule has 0 radical (unpaired) electrons. The molecule has 27 heavy (non-hydrogen) atoms. The quantitative estimate of drug-likeness (QED) is 0.705. The van der Waals surface area contributed by atoms with Gasteiger partial charge in [0.15, 0.2) is 5.69 Å². The van der Waals surface area contributed by atoms with Crippen LogP contribution in [0, 0.1) is 0 Å². The molecule has 1 amide bonds. The second-order valence-corrected chi connectivity index (χ2v) is 7.28. The van der Waals surface area contributed by atoms with Gasteiger partial charge in [-0.15, -0.1) is 0 Å². The fourth-order valence-corrected chi connectivity index (χ4v) is 4.04. The van der Waals surface area contributed by atoms with E-state index < -0.39 is 5.97 Å². The standard InChI is InChI=1S/C21H25ClN2O3/c1-3-27-21(26)20-18(23-14(2)25)13-19(22)24(20)17-11-9-16(10-12-17)15-7-5-4-6-8-15/h9-13,15H,3-8H2,1-2H3,(H,23,25). The number of esters is 1. The monoisotopic (exact) mass is 388 g/mol. The number of anilines is 1. The highest BCUT2D eigenvalue weighted by Crippen LogP contribution is 2.34. The first kappa shape index (κ1) is 19.5. The van der Waals surface area contributed by atoms with E-state index in [9.17, 15) is 9.59 Å². The third-order valence-electron chi connectivity index (χ3n) is 4.96. The highest BCUT2D eigenvalue weighted by Gasteiger charge is 2.24. The van der Waals surface area contributed by atoms with Crippen LogP contribution in [0.3, 0.4) is 0 Å². The van der Waals surface area contributed by atoms with E-state index in [0.29, 0.717) is 16.8 Å². The lowest BCUT2D eigenvalue weighted by Crippen LogP contribution is -2.15. The second kappa shape index (κ2) is 8.61. The van der Waals surface area contributed by atoms with Crippen molar-refractivity contribution in [1.29, 1.82) is 0 Å². The molecule has 2 aromatic rings. The molecule has 1 saturated carbocycles. The lowest BCUT2D eigenvalue weighted by atomic mass is 9.84. The number of hydrogen-bond acceptors (Lipinski definition) is 3. The Labute approximate surface area is 164 Å². The Morgan fingerprint density at radius 3 is 2.44 bits per heavy atom. The van der Waals surface area contributed by atoms with Crippen molar-refractivity contribution >= 4 is 29.2 Å². The minimum Gasteiger partial charge on any atom is -0.461 e. The molecule has 0 saturated heterocycles. The van der Waals surface area contributed by atoms with Crippen LogP contribution in [0.1, 0.15) is 67.9 Å². The van der Waals surface area contributed by atoms with E-state index in [0.717, 1.165) is 5.69 Å². The van der Waals surface area contributed by atoms with E-state index >= 15 is 0 Å². The number of nitrogens with one attached hydrogen (secondary N) is 1. The topological polar surface area (TPSA) is 60.3 Å². The van der Waals surface area contributed by atoms with Crippen molar-refractivity contribution in [2.24, 2.45) is 0 Å². The van der Waals surface area contributed by atoms with Crippen LogP contribution in [-0.2, 0) is 9.53 Å². The van der Waals surface area contributed by atoms with Crippen LogP contribution in [0.2, 0.25) is 5.15 Å². The Kier molecular flexibility index (Phi) is 6.22. The summed E-state index contributed by atoms with van der Waals surface area (Å²) in [6.07, 6.45) is 6.34. The molecular weight excluding hydrogens is 364 g/mol. The molecule has 5 nitrogen and oxygen atoms in total. The predicted molar refractivity (Wildman–Crippen MR) is 107 cm³/mol. The van der Waals surface area contributed by atoms with Gasteiger partial charge in [0.05, 0.1) is 12.3 Å². The molecule has 0 spiro atoms. The molecule has 1 aromatic heterocycles. The van der Waals surface area contributed by atoms with E-state index in [1.807, 2.05) is 12.1 Å².